The van der Waals surface area contributed by atoms with Crippen molar-refractivity contribution in [2.75, 3.05) is 19.6 Å². The number of nitrogens with zero attached hydrogens (tertiary/aromatic N) is 1. The predicted molar refractivity (Wildman–Crippen MR) is 125 cm³/mol. The van der Waals surface area contributed by atoms with Crippen LogP contribution in [-0.2, 0) is 10.0 Å². The second-order valence-corrected chi connectivity index (χ2v) is 9.95. The van der Waals surface area contributed by atoms with Gasteiger partial charge in [-0.3, -0.25) is 4.79 Å². The molecule has 1 rings (SSSR count). The van der Waals surface area contributed by atoms with Gasteiger partial charge in [0.05, 0.1) is 4.90 Å². The van der Waals surface area contributed by atoms with Crippen molar-refractivity contribution in [2.45, 2.75) is 96.3 Å². The Morgan fingerprint density at radius 3 is 1.77 bits per heavy atom. The molecule has 0 aliphatic rings. The van der Waals surface area contributed by atoms with Crippen molar-refractivity contribution in [3.05, 3.63) is 29.8 Å². The Morgan fingerprint density at radius 1 is 0.767 bits per heavy atom. The number of benzene rings is 1. The standard InChI is InChI=1S/C24H42N2O3S/c1-4-7-8-9-10-11-12-13-14-19-25-24(27)22-15-17-23(18-16-22)30(28,29)26(20-5-2)21-6-3/h15-18H,4-14,19-21H2,1-3H3,(H,25,27). The molecule has 5 nitrogen and oxygen atoms in total. The Balaban J connectivity index is 2.39. The Hall–Kier alpha value is -1.40. The molecule has 1 N–H and O–H groups in total. The van der Waals surface area contributed by atoms with E-state index in [1.807, 2.05) is 13.8 Å². The minimum Gasteiger partial charge on any atom is -0.352 e. The smallest absolute Gasteiger partial charge is 0.251 e. The lowest BCUT2D eigenvalue weighted by atomic mass is 10.1. The summed E-state index contributed by atoms with van der Waals surface area (Å²) in [7, 11) is -3.50. The first kappa shape index (κ1) is 26.6. The zero-order chi connectivity index (χ0) is 22.2. The van der Waals surface area contributed by atoms with Crippen molar-refractivity contribution in [1.29, 1.82) is 0 Å². The van der Waals surface area contributed by atoms with Gasteiger partial charge in [0.2, 0.25) is 10.0 Å². The van der Waals surface area contributed by atoms with E-state index in [-0.39, 0.29) is 10.8 Å². The highest BCUT2D eigenvalue weighted by Gasteiger charge is 2.23. The van der Waals surface area contributed by atoms with E-state index >= 15 is 0 Å². The number of rotatable bonds is 17. The molecule has 172 valence electrons. The van der Waals surface area contributed by atoms with E-state index in [0.29, 0.717) is 25.2 Å². The normalized spacial score (nSPS) is 11.7. The van der Waals surface area contributed by atoms with Gasteiger partial charge in [-0.2, -0.15) is 4.31 Å². The van der Waals surface area contributed by atoms with Gasteiger partial charge in [-0.05, 0) is 43.5 Å². The zero-order valence-electron chi connectivity index (χ0n) is 19.3. The van der Waals surface area contributed by atoms with Crippen LogP contribution in [0.4, 0.5) is 0 Å². The third kappa shape index (κ3) is 9.61. The molecule has 1 aromatic carbocycles. The number of hydrogen-bond donors (Lipinski definition) is 1. The molecule has 6 heteroatoms. The molecule has 0 fully saturated rings. The Labute approximate surface area is 184 Å². The van der Waals surface area contributed by atoms with Crippen LogP contribution in [0.1, 0.15) is 102 Å². The fraction of sp³-hybridized carbons (Fsp3) is 0.708. The monoisotopic (exact) mass is 438 g/mol. The molecule has 0 saturated heterocycles. The third-order valence-corrected chi connectivity index (χ3v) is 7.18. The number of hydrogen-bond acceptors (Lipinski definition) is 3. The minimum absolute atomic E-state index is 0.141. The molecule has 30 heavy (non-hydrogen) atoms. The van der Waals surface area contributed by atoms with Crippen LogP contribution in [0.25, 0.3) is 0 Å². The molecule has 0 aliphatic heterocycles. The summed E-state index contributed by atoms with van der Waals surface area (Å²) in [5.41, 5.74) is 0.502. The van der Waals surface area contributed by atoms with Gasteiger partial charge in [-0.25, -0.2) is 8.42 Å². The van der Waals surface area contributed by atoms with Crippen LogP contribution in [-0.4, -0.2) is 38.3 Å². The average molecular weight is 439 g/mol. The number of nitrogens with one attached hydrogen (secondary N) is 1. The van der Waals surface area contributed by atoms with Crippen molar-refractivity contribution < 1.29 is 13.2 Å². The summed E-state index contributed by atoms with van der Waals surface area (Å²) in [6.07, 6.45) is 12.8. The maximum atomic E-state index is 12.8. The molecular formula is C24H42N2O3S. The Bertz CT molecular complexity index is 681. The van der Waals surface area contributed by atoms with Gasteiger partial charge in [0.1, 0.15) is 0 Å². The SMILES string of the molecule is CCCCCCCCCCCNC(=O)c1ccc(S(=O)(=O)N(CCC)CCC)cc1. The Kier molecular flexibility index (Phi) is 13.7. The summed E-state index contributed by atoms with van der Waals surface area (Å²) < 4.78 is 27.1. The quantitative estimate of drug-likeness (QED) is 0.315. The number of carbonyl (C=O) groups excluding carboxylic acids is 1. The van der Waals surface area contributed by atoms with Crippen LogP contribution in [0.5, 0.6) is 0 Å². The third-order valence-electron chi connectivity index (χ3n) is 5.27. The molecule has 0 aromatic heterocycles. The molecule has 0 atom stereocenters. The lowest BCUT2D eigenvalue weighted by Crippen LogP contribution is -2.32. The van der Waals surface area contributed by atoms with Gasteiger partial charge in [-0.15, -0.1) is 0 Å². The highest BCUT2D eigenvalue weighted by atomic mass is 32.2. The van der Waals surface area contributed by atoms with E-state index in [9.17, 15) is 13.2 Å². The number of amides is 1. The second kappa shape index (κ2) is 15.4. The van der Waals surface area contributed by atoms with E-state index in [2.05, 4.69) is 12.2 Å². The van der Waals surface area contributed by atoms with Crippen molar-refractivity contribution >= 4 is 15.9 Å². The van der Waals surface area contributed by atoms with Gasteiger partial charge in [0, 0.05) is 25.2 Å². The number of unbranched alkanes of at least 4 members (excludes halogenated alkanes) is 8. The van der Waals surface area contributed by atoms with E-state index < -0.39 is 10.0 Å². The zero-order valence-corrected chi connectivity index (χ0v) is 20.1. The minimum atomic E-state index is -3.50. The summed E-state index contributed by atoms with van der Waals surface area (Å²) in [6, 6.07) is 6.30. The predicted octanol–water partition coefficient (Wildman–Crippen LogP) is 5.76. The van der Waals surface area contributed by atoms with Crippen LogP contribution in [0, 0.1) is 0 Å². The molecule has 0 aliphatic carbocycles. The van der Waals surface area contributed by atoms with E-state index in [1.165, 1.54) is 49.3 Å². The van der Waals surface area contributed by atoms with Crippen LogP contribution in [0.15, 0.2) is 29.2 Å². The fourth-order valence-electron chi connectivity index (χ4n) is 3.52. The highest BCUT2D eigenvalue weighted by Crippen LogP contribution is 2.17. The van der Waals surface area contributed by atoms with Crippen LogP contribution in [0.3, 0.4) is 0 Å². The summed E-state index contributed by atoms with van der Waals surface area (Å²) in [4.78, 5) is 12.6. The van der Waals surface area contributed by atoms with Crippen LogP contribution < -0.4 is 5.32 Å². The lowest BCUT2D eigenvalue weighted by molar-refractivity contribution is 0.0953. The van der Waals surface area contributed by atoms with Crippen molar-refractivity contribution in [3.63, 3.8) is 0 Å². The van der Waals surface area contributed by atoms with Crippen LogP contribution >= 0.6 is 0 Å². The fourth-order valence-corrected chi connectivity index (χ4v) is 5.14. The van der Waals surface area contributed by atoms with Gasteiger partial charge in [-0.1, -0.05) is 72.1 Å². The van der Waals surface area contributed by atoms with Gasteiger partial charge >= 0.3 is 0 Å². The number of carbonyl (C=O) groups is 1. The molecule has 0 saturated carbocycles. The van der Waals surface area contributed by atoms with E-state index in [1.54, 1.807) is 24.3 Å². The molecule has 1 aromatic rings. The maximum Gasteiger partial charge on any atom is 0.251 e. The Morgan fingerprint density at radius 2 is 1.27 bits per heavy atom. The summed E-state index contributed by atoms with van der Waals surface area (Å²) in [5.74, 6) is -0.141. The molecule has 0 heterocycles. The molecule has 1 amide bonds. The van der Waals surface area contributed by atoms with Gasteiger partial charge in [0.25, 0.3) is 5.91 Å². The molecule has 0 unspecified atom stereocenters. The molecular weight excluding hydrogens is 396 g/mol. The molecule has 0 radical (unpaired) electrons. The number of sulfonamides is 1. The molecule has 0 spiro atoms. The summed E-state index contributed by atoms with van der Waals surface area (Å²) in [5, 5.41) is 2.94. The van der Waals surface area contributed by atoms with Crippen molar-refractivity contribution in [3.8, 4) is 0 Å². The van der Waals surface area contributed by atoms with Crippen molar-refractivity contribution in [2.24, 2.45) is 0 Å². The summed E-state index contributed by atoms with van der Waals surface area (Å²) >= 11 is 0. The highest BCUT2D eigenvalue weighted by molar-refractivity contribution is 7.89. The maximum absolute atomic E-state index is 12.8. The van der Waals surface area contributed by atoms with Gasteiger partial charge < -0.3 is 5.32 Å². The first-order chi connectivity index (χ1) is 14.5. The molecule has 0 bridgehead atoms. The van der Waals surface area contributed by atoms with E-state index in [4.69, 9.17) is 0 Å². The van der Waals surface area contributed by atoms with Crippen LogP contribution in [0.2, 0.25) is 0 Å². The van der Waals surface area contributed by atoms with Gasteiger partial charge in [0.15, 0.2) is 0 Å². The van der Waals surface area contributed by atoms with Crippen molar-refractivity contribution in [1.82, 2.24) is 9.62 Å². The second-order valence-electron chi connectivity index (χ2n) is 8.01. The topological polar surface area (TPSA) is 66.5 Å². The van der Waals surface area contributed by atoms with E-state index in [0.717, 1.165) is 25.7 Å². The lowest BCUT2D eigenvalue weighted by Gasteiger charge is -2.21. The summed E-state index contributed by atoms with van der Waals surface area (Å²) in [6.45, 7) is 7.86. The first-order valence-corrected chi connectivity index (χ1v) is 13.3. The first-order valence-electron chi connectivity index (χ1n) is 11.9. The average Bonchev–Trinajstić information content (AvgIpc) is 2.74. The largest absolute Gasteiger partial charge is 0.352 e.